The minimum atomic E-state index is -1.30. The van der Waals surface area contributed by atoms with Gasteiger partial charge in [0.15, 0.2) is 12.6 Å². The van der Waals surface area contributed by atoms with Crippen LogP contribution >= 0.6 is 11.8 Å². The van der Waals surface area contributed by atoms with E-state index in [0.29, 0.717) is 0 Å². The van der Waals surface area contributed by atoms with Crippen molar-refractivity contribution in [1.29, 1.82) is 0 Å². The molecule has 0 fully saturated rings. The quantitative estimate of drug-likeness (QED) is 0.637. The average molecular weight is 246 g/mol. The Kier molecular flexibility index (Phi) is 4.57. The number of benzene rings is 1. The van der Waals surface area contributed by atoms with Gasteiger partial charge in [-0.3, -0.25) is 0 Å². The second-order valence-corrected chi connectivity index (χ2v) is 3.63. The standard InChI is InChI=1S/C10H11FO4S/c1-14-5-15-7-4-3-6(10(12)13)8(11)9(7)16-2/h3-4H,5H2,1-2H3,(H,12,13). The van der Waals surface area contributed by atoms with Gasteiger partial charge in [0.05, 0.1) is 10.5 Å². The lowest BCUT2D eigenvalue weighted by Crippen LogP contribution is -2.05. The van der Waals surface area contributed by atoms with Crippen LogP contribution in [0.1, 0.15) is 10.4 Å². The number of rotatable bonds is 5. The first kappa shape index (κ1) is 12.8. The van der Waals surface area contributed by atoms with Crippen LogP contribution in [-0.2, 0) is 4.74 Å². The van der Waals surface area contributed by atoms with Crippen LogP contribution in [0.4, 0.5) is 4.39 Å². The maximum absolute atomic E-state index is 13.7. The van der Waals surface area contributed by atoms with Crippen LogP contribution < -0.4 is 4.74 Å². The molecule has 4 nitrogen and oxygen atoms in total. The molecular weight excluding hydrogens is 235 g/mol. The van der Waals surface area contributed by atoms with E-state index in [1.54, 1.807) is 6.26 Å². The number of hydrogen-bond acceptors (Lipinski definition) is 4. The van der Waals surface area contributed by atoms with E-state index in [1.165, 1.54) is 19.2 Å². The Morgan fingerprint density at radius 2 is 2.25 bits per heavy atom. The highest BCUT2D eigenvalue weighted by Gasteiger charge is 2.18. The van der Waals surface area contributed by atoms with Crippen molar-refractivity contribution < 1.29 is 23.8 Å². The highest BCUT2D eigenvalue weighted by molar-refractivity contribution is 7.98. The van der Waals surface area contributed by atoms with Crippen molar-refractivity contribution in [2.45, 2.75) is 4.90 Å². The number of carboxylic acid groups (broad SMARTS) is 1. The molecule has 16 heavy (non-hydrogen) atoms. The number of aromatic carboxylic acids is 1. The fourth-order valence-corrected chi connectivity index (χ4v) is 1.75. The summed E-state index contributed by atoms with van der Waals surface area (Å²) in [5.41, 5.74) is -0.367. The van der Waals surface area contributed by atoms with Gasteiger partial charge < -0.3 is 14.6 Å². The van der Waals surface area contributed by atoms with E-state index in [2.05, 4.69) is 0 Å². The van der Waals surface area contributed by atoms with Gasteiger partial charge >= 0.3 is 5.97 Å². The summed E-state index contributed by atoms with van der Waals surface area (Å²) in [6.07, 6.45) is 1.64. The summed E-state index contributed by atoms with van der Waals surface area (Å²) in [4.78, 5) is 10.9. The van der Waals surface area contributed by atoms with E-state index in [1.807, 2.05) is 0 Å². The number of methoxy groups -OCH3 is 1. The van der Waals surface area contributed by atoms with Crippen molar-refractivity contribution in [2.75, 3.05) is 20.2 Å². The third-order valence-corrected chi connectivity index (χ3v) is 2.62. The fraction of sp³-hybridized carbons (Fsp3) is 0.300. The molecule has 0 aliphatic rings. The molecule has 88 valence electrons. The molecule has 1 N–H and O–H groups in total. The minimum absolute atomic E-state index is 0.0145. The van der Waals surface area contributed by atoms with Gasteiger partial charge in [0.25, 0.3) is 0 Å². The van der Waals surface area contributed by atoms with Crippen molar-refractivity contribution in [3.63, 3.8) is 0 Å². The summed E-state index contributed by atoms with van der Waals surface area (Å²) in [6, 6.07) is 2.58. The second kappa shape index (κ2) is 5.72. The summed E-state index contributed by atoms with van der Waals surface area (Å²) in [7, 11) is 1.45. The van der Waals surface area contributed by atoms with E-state index in [9.17, 15) is 9.18 Å². The summed E-state index contributed by atoms with van der Waals surface area (Å²) >= 11 is 1.09. The maximum atomic E-state index is 13.7. The molecule has 0 atom stereocenters. The Balaban J connectivity index is 3.13. The number of thioether (sulfide) groups is 1. The van der Waals surface area contributed by atoms with Gasteiger partial charge in [0.1, 0.15) is 5.75 Å². The van der Waals surface area contributed by atoms with Gasteiger partial charge in [-0.1, -0.05) is 0 Å². The Labute approximate surface area is 96.4 Å². The molecule has 0 saturated carbocycles. The maximum Gasteiger partial charge on any atom is 0.338 e. The molecule has 0 heterocycles. The molecular formula is C10H11FO4S. The predicted molar refractivity (Wildman–Crippen MR) is 57.6 cm³/mol. The SMILES string of the molecule is COCOc1ccc(C(=O)O)c(F)c1SC. The molecule has 0 spiro atoms. The molecule has 0 amide bonds. The molecule has 0 aromatic heterocycles. The minimum Gasteiger partial charge on any atom is -0.478 e. The van der Waals surface area contributed by atoms with Gasteiger partial charge in [-0.15, -0.1) is 11.8 Å². The van der Waals surface area contributed by atoms with Crippen LogP contribution in [0.2, 0.25) is 0 Å². The first-order chi connectivity index (χ1) is 7.61. The molecule has 0 bridgehead atoms. The monoisotopic (exact) mass is 246 g/mol. The van der Waals surface area contributed by atoms with Crippen molar-refractivity contribution in [3.8, 4) is 5.75 Å². The van der Waals surface area contributed by atoms with E-state index < -0.39 is 11.8 Å². The number of ether oxygens (including phenoxy) is 2. The van der Waals surface area contributed by atoms with Crippen LogP contribution in [0.3, 0.4) is 0 Å². The first-order valence-corrected chi connectivity index (χ1v) is 5.55. The van der Waals surface area contributed by atoms with Gasteiger partial charge in [-0.05, 0) is 18.4 Å². The van der Waals surface area contributed by atoms with Gasteiger partial charge in [0.2, 0.25) is 0 Å². The van der Waals surface area contributed by atoms with E-state index >= 15 is 0 Å². The summed E-state index contributed by atoms with van der Waals surface area (Å²) in [5.74, 6) is -1.81. The molecule has 1 rings (SSSR count). The molecule has 0 aliphatic carbocycles. The third kappa shape index (κ3) is 2.65. The van der Waals surface area contributed by atoms with Crippen molar-refractivity contribution in [1.82, 2.24) is 0 Å². The van der Waals surface area contributed by atoms with E-state index in [4.69, 9.17) is 14.6 Å². The van der Waals surface area contributed by atoms with Gasteiger partial charge in [0, 0.05) is 7.11 Å². The lowest BCUT2D eigenvalue weighted by molar-refractivity contribution is 0.0486. The molecule has 0 unspecified atom stereocenters. The molecule has 0 radical (unpaired) electrons. The highest BCUT2D eigenvalue weighted by Crippen LogP contribution is 2.32. The molecule has 6 heteroatoms. The number of hydrogen-bond donors (Lipinski definition) is 1. The lowest BCUT2D eigenvalue weighted by atomic mass is 10.2. The Bertz CT molecular complexity index is 395. The van der Waals surface area contributed by atoms with Crippen LogP contribution in [0.15, 0.2) is 17.0 Å². The smallest absolute Gasteiger partial charge is 0.338 e. The van der Waals surface area contributed by atoms with Crippen molar-refractivity contribution in [2.24, 2.45) is 0 Å². The van der Waals surface area contributed by atoms with Gasteiger partial charge in [-0.2, -0.15) is 0 Å². The third-order valence-electron chi connectivity index (χ3n) is 1.83. The zero-order valence-corrected chi connectivity index (χ0v) is 9.64. The topological polar surface area (TPSA) is 55.8 Å². The average Bonchev–Trinajstić information content (AvgIpc) is 2.25. The van der Waals surface area contributed by atoms with Crippen LogP contribution in [-0.4, -0.2) is 31.2 Å². The predicted octanol–water partition coefficient (Wildman–Crippen LogP) is 2.23. The van der Waals surface area contributed by atoms with Crippen LogP contribution in [0, 0.1) is 5.82 Å². The number of halogens is 1. The van der Waals surface area contributed by atoms with Gasteiger partial charge in [-0.25, -0.2) is 9.18 Å². The van der Waals surface area contributed by atoms with E-state index in [0.717, 1.165) is 11.8 Å². The molecule has 0 aliphatic heterocycles. The Morgan fingerprint density at radius 1 is 1.56 bits per heavy atom. The molecule has 1 aromatic carbocycles. The zero-order chi connectivity index (χ0) is 12.1. The fourth-order valence-electron chi connectivity index (χ4n) is 1.13. The highest BCUT2D eigenvalue weighted by atomic mass is 32.2. The molecule has 0 saturated heterocycles. The van der Waals surface area contributed by atoms with E-state index in [-0.39, 0.29) is 23.0 Å². The van der Waals surface area contributed by atoms with Crippen LogP contribution in [0.5, 0.6) is 5.75 Å². The zero-order valence-electron chi connectivity index (χ0n) is 8.82. The summed E-state index contributed by atoms with van der Waals surface area (Å²) in [6.45, 7) is -0.0145. The van der Waals surface area contributed by atoms with Crippen molar-refractivity contribution >= 4 is 17.7 Å². The molecule has 1 aromatic rings. The van der Waals surface area contributed by atoms with Crippen LogP contribution in [0.25, 0.3) is 0 Å². The summed E-state index contributed by atoms with van der Waals surface area (Å²) < 4.78 is 23.5. The largest absolute Gasteiger partial charge is 0.478 e. The summed E-state index contributed by atoms with van der Waals surface area (Å²) in [5, 5.41) is 8.74. The Hall–Kier alpha value is -1.27. The first-order valence-electron chi connectivity index (χ1n) is 4.33. The number of carboxylic acids is 1. The lowest BCUT2D eigenvalue weighted by Gasteiger charge is -2.11. The number of carbonyl (C=O) groups is 1. The van der Waals surface area contributed by atoms with Crippen molar-refractivity contribution in [3.05, 3.63) is 23.5 Å². The second-order valence-electron chi connectivity index (χ2n) is 2.81. The Morgan fingerprint density at radius 3 is 2.75 bits per heavy atom. The normalized spacial score (nSPS) is 10.2.